The van der Waals surface area contributed by atoms with Gasteiger partial charge >= 0.3 is 0 Å². The van der Waals surface area contributed by atoms with Gasteiger partial charge in [-0.05, 0) is 32.0 Å². The van der Waals surface area contributed by atoms with Gasteiger partial charge in [-0.1, -0.05) is 11.6 Å². The Balaban J connectivity index is 3.01. The van der Waals surface area contributed by atoms with Crippen LogP contribution >= 0.6 is 11.6 Å². The average Bonchev–Trinajstić information content (AvgIpc) is 2.19. The van der Waals surface area contributed by atoms with E-state index in [1.54, 1.807) is 13.8 Å². The van der Waals surface area contributed by atoms with Gasteiger partial charge in [-0.25, -0.2) is 16.8 Å². The molecule has 0 saturated heterocycles. The molecule has 0 atom stereocenters. The van der Waals surface area contributed by atoms with Gasteiger partial charge in [-0.2, -0.15) is 0 Å². The molecular weight excluding hydrogens is 312 g/mol. The Morgan fingerprint density at radius 3 is 2.11 bits per heavy atom. The molecule has 0 amide bonds. The van der Waals surface area contributed by atoms with Crippen LogP contribution in [0.25, 0.3) is 0 Å². The first kappa shape index (κ1) is 16.1. The molecule has 1 aromatic carbocycles. The molecule has 0 spiro atoms. The van der Waals surface area contributed by atoms with E-state index in [9.17, 15) is 16.8 Å². The quantitative estimate of drug-likeness (QED) is 0.863. The first-order valence-electron chi connectivity index (χ1n) is 5.30. The van der Waals surface area contributed by atoms with E-state index in [1.807, 2.05) is 0 Å². The van der Waals surface area contributed by atoms with Gasteiger partial charge in [0.2, 0.25) is 20.0 Å². The summed E-state index contributed by atoms with van der Waals surface area (Å²) in [5.41, 5.74) is 0.467. The number of benzene rings is 1. The standard InChI is InChI=1S/C10H15ClN2O4S2/c1-7(2)19(16,17)12-8-4-5-10(9(11)6-8)13-18(3,14)15/h4-7,12-13H,1-3H3. The largest absolute Gasteiger partial charge is 0.283 e. The maximum atomic E-state index is 11.7. The lowest BCUT2D eigenvalue weighted by Gasteiger charge is -2.12. The monoisotopic (exact) mass is 326 g/mol. The van der Waals surface area contributed by atoms with E-state index >= 15 is 0 Å². The first-order chi connectivity index (χ1) is 8.51. The van der Waals surface area contributed by atoms with Crippen molar-refractivity contribution in [2.75, 3.05) is 15.7 Å². The fourth-order valence-corrected chi connectivity index (χ4v) is 2.70. The van der Waals surface area contributed by atoms with E-state index < -0.39 is 25.3 Å². The van der Waals surface area contributed by atoms with Crippen LogP contribution < -0.4 is 9.44 Å². The second kappa shape index (κ2) is 5.56. The van der Waals surface area contributed by atoms with Crippen molar-refractivity contribution in [1.82, 2.24) is 0 Å². The highest BCUT2D eigenvalue weighted by Gasteiger charge is 2.16. The highest BCUT2D eigenvalue weighted by Crippen LogP contribution is 2.27. The van der Waals surface area contributed by atoms with Crippen LogP contribution in [-0.4, -0.2) is 28.3 Å². The Morgan fingerprint density at radius 2 is 1.68 bits per heavy atom. The first-order valence-corrected chi connectivity index (χ1v) is 9.12. The molecule has 1 rings (SSSR count). The molecule has 2 N–H and O–H groups in total. The Labute approximate surface area is 118 Å². The van der Waals surface area contributed by atoms with Crippen LogP contribution in [0.4, 0.5) is 11.4 Å². The van der Waals surface area contributed by atoms with E-state index in [0.717, 1.165) is 6.26 Å². The second-order valence-electron chi connectivity index (χ2n) is 4.26. The molecule has 0 fully saturated rings. The average molecular weight is 327 g/mol. The Kier molecular flexibility index (Phi) is 4.70. The minimum atomic E-state index is -3.46. The molecule has 108 valence electrons. The molecule has 0 heterocycles. The molecule has 0 aliphatic heterocycles. The van der Waals surface area contributed by atoms with E-state index in [0.29, 0.717) is 0 Å². The number of hydrogen-bond acceptors (Lipinski definition) is 4. The SMILES string of the molecule is CC(C)S(=O)(=O)Nc1ccc(NS(C)(=O)=O)c(Cl)c1. The van der Waals surface area contributed by atoms with Crippen LogP contribution in [0, 0.1) is 0 Å². The van der Waals surface area contributed by atoms with Crippen LogP contribution in [0.1, 0.15) is 13.8 Å². The third kappa shape index (κ3) is 4.88. The lowest BCUT2D eigenvalue weighted by Crippen LogP contribution is -2.22. The second-order valence-corrected chi connectivity index (χ2v) is 8.66. The molecule has 0 saturated carbocycles. The third-order valence-electron chi connectivity index (χ3n) is 2.15. The smallest absolute Gasteiger partial charge is 0.235 e. The van der Waals surface area contributed by atoms with Crippen molar-refractivity contribution in [2.24, 2.45) is 0 Å². The zero-order valence-electron chi connectivity index (χ0n) is 10.6. The summed E-state index contributed by atoms with van der Waals surface area (Å²) in [6.07, 6.45) is 0.999. The molecule has 1 aromatic rings. The van der Waals surface area contributed by atoms with Gasteiger partial charge in [0.15, 0.2) is 0 Å². The van der Waals surface area contributed by atoms with Gasteiger partial charge in [0.05, 0.1) is 27.9 Å². The van der Waals surface area contributed by atoms with Gasteiger partial charge in [-0.3, -0.25) is 9.44 Å². The molecule has 0 unspecified atom stereocenters. The molecule has 0 radical (unpaired) electrons. The van der Waals surface area contributed by atoms with Crippen LogP contribution in [-0.2, 0) is 20.0 Å². The van der Waals surface area contributed by atoms with Crippen molar-refractivity contribution in [1.29, 1.82) is 0 Å². The summed E-state index contributed by atoms with van der Waals surface area (Å²) in [4.78, 5) is 0. The fraction of sp³-hybridized carbons (Fsp3) is 0.400. The van der Waals surface area contributed by atoms with Crippen molar-refractivity contribution in [2.45, 2.75) is 19.1 Å². The zero-order valence-corrected chi connectivity index (χ0v) is 13.0. The van der Waals surface area contributed by atoms with Gasteiger partial charge in [0, 0.05) is 0 Å². The minimum Gasteiger partial charge on any atom is -0.283 e. The van der Waals surface area contributed by atoms with Crippen molar-refractivity contribution in [3.05, 3.63) is 23.2 Å². The van der Waals surface area contributed by atoms with E-state index in [4.69, 9.17) is 11.6 Å². The minimum absolute atomic E-state index is 0.106. The zero-order chi connectivity index (χ0) is 14.8. The molecule has 0 aliphatic rings. The van der Waals surface area contributed by atoms with Gasteiger partial charge in [0.1, 0.15) is 0 Å². The number of nitrogens with one attached hydrogen (secondary N) is 2. The highest BCUT2D eigenvalue weighted by molar-refractivity contribution is 7.93. The van der Waals surface area contributed by atoms with Gasteiger partial charge < -0.3 is 0 Å². The maximum Gasteiger partial charge on any atom is 0.235 e. The summed E-state index contributed by atoms with van der Waals surface area (Å²) in [6.45, 7) is 3.09. The van der Waals surface area contributed by atoms with Gasteiger partial charge in [0.25, 0.3) is 0 Å². The lowest BCUT2D eigenvalue weighted by molar-refractivity contribution is 0.592. The predicted octanol–water partition coefficient (Wildman–Crippen LogP) is 1.86. The predicted molar refractivity (Wildman–Crippen MR) is 77.6 cm³/mol. The van der Waals surface area contributed by atoms with E-state index in [2.05, 4.69) is 9.44 Å². The number of halogens is 1. The molecule has 19 heavy (non-hydrogen) atoms. The topological polar surface area (TPSA) is 92.3 Å². The number of hydrogen-bond donors (Lipinski definition) is 2. The van der Waals surface area contributed by atoms with E-state index in [-0.39, 0.29) is 16.4 Å². The third-order valence-corrected chi connectivity index (χ3v) is 4.81. The van der Waals surface area contributed by atoms with Crippen LogP contribution in [0.5, 0.6) is 0 Å². The molecule has 6 nitrogen and oxygen atoms in total. The number of rotatable bonds is 5. The number of sulfonamides is 2. The van der Waals surface area contributed by atoms with Crippen LogP contribution in [0.2, 0.25) is 5.02 Å². The Bertz CT molecular complexity index is 669. The summed E-state index contributed by atoms with van der Waals surface area (Å²) < 4.78 is 50.1. The molecule has 0 bridgehead atoms. The summed E-state index contributed by atoms with van der Waals surface area (Å²) in [7, 11) is -6.90. The Morgan fingerprint density at radius 1 is 1.11 bits per heavy atom. The summed E-state index contributed by atoms with van der Waals surface area (Å²) >= 11 is 5.88. The normalized spacial score (nSPS) is 12.5. The summed E-state index contributed by atoms with van der Waals surface area (Å²) in [6, 6.07) is 4.16. The van der Waals surface area contributed by atoms with Crippen molar-refractivity contribution >= 4 is 43.0 Å². The fourth-order valence-electron chi connectivity index (χ4n) is 1.14. The van der Waals surface area contributed by atoms with E-state index in [1.165, 1.54) is 18.2 Å². The Hall–Kier alpha value is -0.990. The molecule has 9 heteroatoms. The lowest BCUT2D eigenvalue weighted by atomic mass is 10.3. The van der Waals surface area contributed by atoms with Crippen molar-refractivity contribution in [3.8, 4) is 0 Å². The summed E-state index contributed by atoms with van der Waals surface area (Å²) in [5.74, 6) is 0. The molecule has 0 aliphatic carbocycles. The maximum absolute atomic E-state index is 11.7. The molecular formula is C10H15ClN2O4S2. The van der Waals surface area contributed by atoms with Crippen molar-refractivity contribution in [3.63, 3.8) is 0 Å². The summed E-state index contributed by atoms with van der Waals surface area (Å²) in [5, 5.41) is -0.477. The molecule has 0 aromatic heterocycles. The highest BCUT2D eigenvalue weighted by atomic mass is 35.5. The van der Waals surface area contributed by atoms with Crippen molar-refractivity contribution < 1.29 is 16.8 Å². The van der Waals surface area contributed by atoms with Crippen LogP contribution in [0.15, 0.2) is 18.2 Å². The van der Waals surface area contributed by atoms with Gasteiger partial charge in [-0.15, -0.1) is 0 Å². The number of anilines is 2. The van der Waals surface area contributed by atoms with Crippen LogP contribution in [0.3, 0.4) is 0 Å².